The highest BCUT2D eigenvalue weighted by atomic mass is 16.1. The molecule has 0 spiro atoms. The highest BCUT2D eigenvalue weighted by molar-refractivity contribution is 6.09. The van der Waals surface area contributed by atoms with Gasteiger partial charge in [0.15, 0.2) is 5.78 Å². The maximum Gasteiger partial charge on any atom is 0.176 e. The zero-order valence-electron chi connectivity index (χ0n) is 12.6. The molecule has 1 aromatic heterocycles. The Morgan fingerprint density at radius 1 is 1.17 bits per heavy atom. The predicted octanol–water partition coefficient (Wildman–Crippen LogP) is 1.36. The van der Waals surface area contributed by atoms with Gasteiger partial charge in [-0.2, -0.15) is 0 Å². The first-order chi connectivity index (χ1) is 11.2. The van der Waals surface area contributed by atoms with Gasteiger partial charge >= 0.3 is 0 Å². The lowest BCUT2D eigenvalue weighted by Crippen LogP contribution is -2.23. The second kappa shape index (κ2) is 5.64. The zero-order chi connectivity index (χ0) is 15.8. The SMILES string of the molecule is N[C@H]1CC=CCNC2C(=O)C2Nc2ccccc2-c2c[nH]c1n2. The van der Waals surface area contributed by atoms with E-state index < -0.39 is 0 Å². The summed E-state index contributed by atoms with van der Waals surface area (Å²) < 4.78 is 0. The first kappa shape index (κ1) is 14.2. The van der Waals surface area contributed by atoms with Crippen LogP contribution in [-0.4, -0.2) is 34.4 Å². The van der Waals surface area contributed by atoms with E-state index in [1.807, 2.05) is 42.6 Å². The summed E-state index contributed by atoms with van der Waals surface area (Å²) in [5.74, 6) is 0.965. The number of para-hydroxylation sites is 1. The van der Waals surface area contributed by atoms with E-state index in [0.29, 0.717) is 13.0 Å². The summed E-state index contributed by atoms with van der Waals surface area (Å²) in [5, 5.41) is 6.57. The molecule has 2 aromatic rings. The fourth-order valence-electron chi connectivity index (χ4n) is 2.91. The second-order valence-corrected chi connectivity index (χ2v) is 5.94. The normalized spacial score (nSPS) is 26.7. The number of nitrogens with zero attached hydrogens (tertiary/aromatic N) is 1. The Balaban J connectivity index is 1.72. The summed E-state index contributed by atoms with van der Waals surface area (Å²) in [5.41, 5.74) is 8.88. The molecule has 4 rings (SSSR count). The van der Waals surface area contributed by atoms with E-state index in [1.54, 1.807) is 0 Å². The highest BCUT2D eigenvalue weighted by Gasteiger charge is 2.49. The van der Waals surface area contributed by atoms with Crippen LogP contribution in [-0.2, 0) is 4.79 Å². The number of hydrogen-bond acceptors (Lipinski definition) is 5. The maximum atomic E-state index is 12.0. The number of carbonyl (C=O) groups excluding carboxylic acids is 1. The van der Waals surface area contributed by atoms with E-state index >= 15 is 0 Å². The van der Waals surface area contributed by atoms with Gasteiger partial charge in [0.1, 0.15) is 11.9 Å². The van der Waals surface area contributed by atoms with Crippen LogP contribution in [0, 0.1) is 0 Å². The molecule has 2 heterocycles. The molecule has 23 heavy (non-hydrogen) atoms. The number of aromatic amines is 1. The summed E-state index contributed by atoms with van der Waals surface area (Å²) in [7, 11) is 0. The Labute approximate surface area is 134 Å². The Hall–Kier alpha value is -2.44. The molecule has 2 unspecified atom stereocenters. The van der Waals surface area contributed by atoms with Crippen molar-refractivity contribution in [1.29, 1.82) is 0 Å². The van der Waals surface area contributed by atoms with Gasteiger partial charge in [-0.05, 0) is 12.5 Å². The van der Waals surface area contributed by atoms with Crippen LogP contribution in [0.4, 0.5) is 5.69 Å². The van der Waals surface area contributed by atoms with Crippen molar-refractivity contribution in [2.24, 2.45) is 5.73 Å². The average Bonchev–Trinajstić information content (AvgIpc) is 2.98. The van der Waals surface area contributed by atoms with Crippen LogP contribution in [0.15, 0.2) is 42.6 Å². The fourth-order valence-corrected chi connectivity index (χ4v) is 2.91. The van der Waals surface area contributed by atoms with Crippen molar-refractivity contribution in [2.75, 3.05) is 11.9 Å². The third-order valence-electron chi connectivity index (χ3n) is 4.31. The van der Waals surface area contributed by atoms with Crippen molar-refractivity contribution < 1.29 is 4.79 Å². The van der Waals surface area contributed by atoms with Crippen LogP contribution in [0.25, 0.3) is 11.3 Å². The number of anilines is 1. The smallest absolute Gasteiger partial charge is 0.176 e. The van der Waals surface area contributed by atoms with Gasteiger partial charge in [-0.15, -0.1) is 0 Å². The van der Waals surface area contributed by atoms with Gasteiger partial charge in [-0.1, -0.05) is 30.4 Å². The molecule has 6 heteroatoms. The van der Waals surface area contributed by atoms with E-state index in [2.05, 4.69) is 20.6 Å². The van der Waals surface area contributed by atoms with Gasteiger partial charge in [-0.25, -0.2) is 4.98 Å². The second-order valence-electron chi connectivity index (χ2n) is 5.94. The topological polar surface area (TPSA) is 95.8 Å². The van der Waals surface area contributed by atoms with Gasteiger partial charge in [0.2, 0.25) is 0 Å². The number of rotatable bonds is 0. The number of nitrogens with two attached hydrogens (primary N) is 1. The van der Waals surface area contributed by atoms with Gasteiger partial charge in [-0.3, -0.25) is 4.79 Å². The number of carbonyl (C=O) groups is 1. The molecule has 0 saturated heterocycles. The van der Waals surface area contributed by atoms with Gasteiger partial charge in [0, 0.05) is 24.0 Å². The highest BCUT2D eigenvalue weighted by Crippen LogP contribution is 2.31. The average molecular weight is 309 g/mol. The first-order valence-corrected chi connectivity index (χ1v) is 7.83. The molecule has 2 bridgehead atoms. The number of nitrogens with one attached hydrogen (secondary N) is 3. The number of Topliss-reactive ketones (excluding diaryl/α,β-unsaturated/α-hetero) is 1. The number of H-pyrrole nitrogens is 1. The first-order valence-electron chi connectivity index (χ1n) is 7.83. The lowest BCUT2D eigenvalue weighted by Gasteiger charge is -2.10. The van der Waals surface area contributed by atoms with E-state index in [9.17, 15) is 4.79 Å². The third kappa shape index (κ3) is 2.67. The van der Waals surface area contributed by atoms with Crippen molar-refractivity contribution in [2.45, 2.75) is 24.5 Å². The molecule has 0 radical (unpaired) electrons. The van der Waals surface area contributed by atoms with Gasteiger partial charge in [0.25, 0.3) is 0 Å². The molecule has 6 nitrogen and oxygen atoms in total. The molecule has 2 aliphatic rings. The minimum atomic E-state index is -0.173. The summed E-state index contributed by atoms with van der Waals surface area (Å²) in [4.78, 5) is 19.7. The summed E-state index contributed by atoms with van der Waals surface area (Å²) in [6.45, 7) is 0.659. The Morgan fingerprint density at radius 3 is 2.96 bits per heavy atom. The molecule has 5 N–H and O–H groups in total. The molecule has 1 saturated carbocycles. The number of fused-ring (bicyclic) bond motifs is 5. The monoisotopic (exact) mass is 309 g/mol. The van der Waals surface area contributed by atoms with E-state index in [0.717, 1.165) is 22.8 Å². The van der Waals surface area contributed by atoms with Gasteiger partial charge in [0.05, 0.1) is 17.8 Å². The third-order valence-corrected chi connectivity index (χ3v) is 4.31. The Bertz CT molecular complexity index is 766. The Kier molecular flexibility index (Phi) is 3.48. The Morgan fingerprint density at radius 2 is 2.04 bits per heavy atom. The quantitative estimate of drug-likeness (QED) is 0.551. The fraction of sp³-hybridized carbons (Fsp3) is 0.294. The van der Waals surface area contributed by atoms with E-state index in [-0.39, 0.29) is 23.9 Å². The molecular weight excluding hydrogens is 290 g/mol. The van der Waals surface area contributed by atoms with Crippen molar-refractivity contribution >= 4 is 11.5 Å². The number of imidazole rings is 1. The van der Waals surface area contributed by atoms with Crippen LogP contribution in [0.3, 0.4) is 0 Å². The number of ketones is 1. The van der Waals surface area contributed by atoms with Crippen LogP contribution < -0.4 is 16.4 Å². The molecule has 1 aliphatic carbocycles. The number of hydrogen-bond donors (Lipinski definition) is 4. The lowest BCUT2D eigenvalue weighted by molar-refractivity contribution is -0.110. The molecule has 3 atom stereocenters. The maximum absolute atomic E-state index is 12.0. The largest absolute Gasteiger partial charge is 0.373 e. The van der Waals surface area contributed by atoms with Crippen molar-refractivity contribution in [3.05, 3.63) is 48.4 Å². The van der Waals surface area contributed by atoms with Crippen LogP contribution in [0.5, 0.6) is 0 Å². The summed E-state index contributed by atoms with van der Waals surface area (Å²) in [6.07, 6.45) is 6.60. The van der Waals surface area contributed by atoms with E-state index in [1.165, 1.54) is 0 Å². The lowest BCUT2D eigenvalue weighted by atomic mass is 10.1. The molecule has 0 amide bonds. The standard InChI is InChI=1S/C17H19N5O/c18-11-6-3-4-8-19-14-15(16(14)23)21-12-7-2-1-5-10(12)13-9-20-17(11)22-13/h1-5,7,9,11,14-15,19,21H,6,8,18H2,(H,20,22)/t11-,14?,15?/m0/s1. The van der Waals surface area contributed by atoms with Crippen LogP contribution >= 0.6 is 0 Å². The summed E-state index contributed by atoms with van der Waals surface area (Å²) >= 11 is 0. The van der Waals surface area contributed by atoms with Gasteiger partial charge < -0.3 is 21.4 Å². The molecule has 1 aromatic carbocycles. The molecule has 1 fully saturated rings. The molecule has 118 valence electrons. The van der Waals surface area contributed by atoms with Crippen molar-refractivity contribution in [3.63, 3.8) is 0 Å². The van der Waals surface area contributed by atoms with Crippen LogP contribution in [0.1, 0.15) is 18.3 Å². The number of aromatic nitrogens is 2. The summed E-state index contributed by atoms with van der Waals surface area (Å²) in [6, 6.07) is 7.41. The minimum absolute atomic E-state index is 0.126. The molecular formula is C17H19N5O. The zero-order valence-corrected chi connectivity index (χ0v) is 12.6. The predicted molar refractivity (Wildman–Crippen MR) is 88.9 cm³/mol. The molecule has 1 aliphatic heterocycles. The van der Waals surface area contributed by atoms with Crippen molar-refractivity contribution in [3.8, 4) is 11.3 Å². The van der Waals surface area contributed by atoms with Crippen molar-refractivity contribution in [1.82, 2.24) is 15.3 Å². The minimum Gasteiger partial charge on any atom is -0.373 e. The number of benzene rings is 1. The van der Waals surface area contributed by atoms with Crippen LogP contribution in [0.2, 0.25) is 0 Å². The van der Waals surface area contributed by atoms with E-state index in [4.69, 9.17) is 5.73 Å².